The van der Waals surface area contributed by atoms with Gasteiger partial charge in [-0.05, 0) is 121 Å². The van der Waals surface area contributed by atoms with E-state index in [2.05, 4.69) is 57.8 Å². The van der Waals surface area contributed by atoms with Crippen molar-refractivity contribution >= 4 is 140 Å². The van der Waals surface area contributed by atoms with Crippen LogP contribution in [-0.2, 0) is 0 Å². The molecule has 16 heteroatoms. The van der Waals surface area contributed by atoms with E-state index in [1.165, 1.54) is 6.07 Å². The molecule has 0 radical (unpaired) electrons. The molecular weight excluding hydrogens is 873 g/mol. The van der Waals surface area contributed by atoms with Gasteiger partial charge in [-0.25, -0.2) is 0 Å². The van der Waals surface area contributed by atoms with Crippen LogP contribution in [0.3, 0.4) is 0 Å². The van der Waals surface area contributed by atoms with Gasteiger partial charge in [0.2, 0.25) is 0 Å². The van der Waals surface area contributed by atoms with E-state index in [-0.39, 0.29) is 5.69 Å². The van der Waals surface area contributed by atoms with Crippen LogP contribution in [-0.4, -0.2) is 32.1 Å². The number of nitro benzene ring substituents is 1. The normalized spacial score (nSPS) is 10.1. The minimum absolute atomic E-state index is 0.0162. The molecule has 0 unspecified atom stereocenters. The van der Waals surface area contributed by atoms with Gasteiger partial charge >= 0.3 is 7.12 Å². The lowest BCUT2D eigenvalue weighted by molar-refractivity contribution is -0.385. The predicted octanol–water partition coefficient (Wildman–Crippen LogP) is 9.91. The molecule has 8 nitrogen and oxygen atoms in total. The third kappa shape index (κ3) is 10.8. The summed E-state index contributed by atoms with van der Waals surface area (Å²) in [6, 6.07) is 24.0. The maximum absolute atomic E-state index is 10.3. The van der Waals surface area contributed by atoms with Gasteiger partial charge in [-0.1, -0.05) is 52.5 Å². The van der Waals surface area contributed by atoms with Crippen LogP contribution in [0.5, 0.6) is 0 Å². The zero-order chi connectivity index (χ0) is 34.0. The molecule has 0 aliphatic heterocycles. The summed E-state index contributed by atoms with van der Waals surface area (Å²) in [7, 11) is -1.52. The van der Waals surface area contributed by atoms with Crippen LogP contribution in [0.2, 0.25) is 20.1 Å². The highest BCUT2D eigenvalue weighted by atomic mass is 79.9. The van der Waals surface area contributed by atoms with Crippen molar-refractivity contribution in [1.82, 2.24) is 9.97 Å². The van der Waals surface area contributed by atoms with E-state index < -0.39 is 12.0 Å². The topological polar surface area (TPSA) is 135 Å². The van der Waals surface area contributed by atoms with E-state index in [1.807, 2.05) is 30.3 Å². The first-order valence-electron chi connectivity index (χ1n) is 12.7. The molecule has 0 bridgehead atoms. The first-order chi connectivity index (χ1) is 21.8. The summed E-state index contributed by atoms with van der Waals surface area (Å²) in [5.74, 6) is 0. The number of nitrogen functional groups attached to an aromatic ring is 1. The quantitative estimate of drug-likeness (QED) is 0.0682. The van der Waals surface area contributed by atoms with E-state index in [0.29, 0.717) is 36.2 Å². The van der Waals surface area contributed by atoms with Crippen molar-refractivity contribution in [3.63, 3.8) is 0 Å². The number of halogens is 7. The van der Waals surface area contributed by atoms with Crippen molar-refractivity contribution < 1.29 is 15.0 Å². The van der Waals surface area contributed by atoms with Gasteiger partial charge in [-0.3, -0.25) is 20.1 Å². The smallest absolute Gasteiger partial charge is 0.423 e. The number of fused-ring (bicyclic) bond motifs is 2. The van der Waals surface area contributed by atoms with Gasteiger partial charge in [-0.2, -0.15) is 0 Å². The van der Waals surface area contributed by atoms with Gasteiger partial charge in [0.25, 0.3) is 5.69 Å². The van der Waals surface area contributed by atoms with E-state index in [9.17, 15) is 10.1 Å². The Bertz CT molecular complexity index is 1950. The molecule has 6 rings (SSSR count). The van der Waals surface area contributed by atoms with E-state index in [1.54, 1.807) is 60.9 Å². The Morgan fingerprint density at radius 3 is 1.70 bits per heavy atom. The number of benzene rings is 4. The van der Waals surface area contributed by atoms with Crippen LogP contribution in [0.25, 0.3) is 21.8 Å². The van der Waals surface area contributed by atoms with Crippen LogP contribution >= 0.6 is 94.2 Å². The van der Waals surface area contributed by atoms with E-state index in [0.717, 1.165) is 30.3 Å². The molecule has 0 aliphatic carbocycles. The summed E-state index contributed by atoms with van der Waals surface area (Å²) >= 11 is 32.7. The molecule has 0 saturated carbocycles. The Kier molecular flexibility index (Phi) is 15.0. The average molecular weight is 893 g/mol. The summed E-state index contributed by atoms with van der Waals surface area (Å²) in [6.45, 7) is 0. The lowest BCUT2D eigenvalue weighted by atomic mass is 9.79. The number of rotatable bonds is 2. The number of nitrogens with zero attached hydrogens (tertiary/aromatic N) is 3. The summed E-state index contributed by atoms with van der Waals surface area (Å²) in [5.41, 5.74) is 7.94. The highest BCUT2D eigenvalue weighted by Gasteiger charge is 2.16. The Labute approximate surface area is 309 Å². The van der Waals surface area contributed by atoms with Crippen LogP contribution in [0, 0.1) is 10.1 Å². The second-order valence-corrected chi connectivity index (χ2v) is 13.1. The second-order valence-electron chi connectivity index (χ2n) is 8.86. The highest BCUT2D eigenvalue weighted by Crippen LogP contribution is 2.28. The van der Waals surface area contributed by atoms with Gasteiger partial charge in [-0.15, -0.1) is 0 Å². The van der Waals surface area contributed by atoms with Crippen LogP contribution in [0.4, 0.5) is 11.4 Å². The van der Waals surface area contributed by atoms with Crippen molar-refractivity contribution in [1.29, 1.82) is 0 Å². The van der Waals surface area contributed by atoms with Crippen LogP contribution in [0.1, 0.15) is 0 Å². The van der Waals surface area contributed by atoms with Crippen molar-refractivity contribution in [3.05, 3.63) is 141 Å². The summed E-state index contributed by atoms with van der Waals surface area (Å²) in [4.78, 5) is 18.1. The molecule has 46 heavy (non-hydrogen) atoms. The first kappa shape index (κ1) is 37.9. The number of nitro groups is 1. The molecule has 0 spiro atoms. The van der Waals surface area contributed by atoms with Gasteiger partial charge in [0.1, 0.15) is 0 Å². The van der Waals surface area contributed by atoms with Gasteiger partial charge in [0.15, 0.2) is 0 Å². The van der Waals surface area contributed by atoms with Crippen LogP contribution < -0.4 is 11.2 Å². The Morgan fingerprint density at radius 1 is 0.696 bits per heavy atom. The summed E-state index contributed by atoms with van der Waals surface area (Å²) < 4.78 is 2.29. The number of nitrogens with two attached hydrogens (primary N) is 1. The molecule has 0 saturated heterocycles. The van der Waals surface area contributed by atoms with E-state index in [4.69, 9.17) is 62.2 Å². The fourth-order valence-corrected chi connectivity index (χ4v) is 5.48. The summed E-state index contributed by atoms with van der Waals surface area (Å²) in [5, 5.41) is 32.5. The molecule has 4 N–H and O–H groups in total. The number of aromatic nitrogens is 2. The third-order valence-electron chi connectivity index (χ3n) is 5.76. The zero-order valence-corrected chi connectivity index (χ0v) is 30.9. The lowest BCUT2D eigenvalue weighted by Gasteiger charge is -2.05. The molecular formula is C30H20BBr3Cl4N4O4. The standard InChI is InChI=1S/C9H7BClNO2.C9H5BrClN.C6H3BrClNO2.C6H5BrClN/c11-8-4-3-7(10(13)14)9-6(8)2-1-5-12-9;10-7-3-4-8(11)6-2-1-5-12-9(6)7;7-5-2-1-4(8)3-6(5)9(10)11;7-5-2-1-4(8)3-6(5)9/h1-5,13-14H;1-5H;1-3H;1-3H,9H2. The zero-order valence-electron chi connectivity index (χ0n) is 23.1. The number of hydrogen-bond donors (Lipinski definition) is 3. The lowest BCUT2D eigenvalue weighted by Crippen LogP contribution is -2.30. The summed E-state index contributed by atoms with van der Waals surface area (Å²) in [6.07, 6.45) is 3.34. The molecule has 6 aromatic rings. The molecule has 4 aromatic carbocycles. The largest absolute Gasteiger partial charge is 0.490 e. The van der Waals surface area contributed by atoms with Crippen LogP contribution in [0.15, 0.2) is 111 Å². The molecule has 0 aliphatic rings. The van der Waals surface area contributed by atoms with E-state index >= 15 is 0 Å². The minimum Gasteiger partial charge on any atom is -0.423 e. The highest BCUT2D eigenvalue weighted by molar-refractivity contribution is 9.11. The number of pyridine rings is 2. The molecule has 0 amide bonds. The number of anilines is 1. The maximum Gasteiger partial charge on any atom is 0.490 e. The van der Waals surface area contributed by atoms with Gasteiger partial charge in [0, 0.05) is 64.4 Å². The maximum atomic E-state index is 10.3. The third-order valence-corrected chi connectivity index (χ3v) is 8.92. The molecule has 0 atom stereocenters. The monoisotopic (exact) mass is 888 g/mol. The molecule has 2 heterocycles. The van der Waals surface area contributed by atoms with Crippen molar-refractivity contribution in [2.75, 3.05) is 5.73 Å². The van der Waals surface area contributed by atoms with Crippen molar-refractivity contribution in [2.24, 2.45) is 0 Å². The Morgan fingerprint density at radius 2 is 1.20 bits per heavy atom. The molecule has 2 aromatic heterocycles. The fourth-order valence-electron chi connectivity index (χ4n) is 3.61. The van der Waals surface area contributed by atoms with Crippen molar-refractivity contribution in [2.45, 2.75) is 0 Å². The Balaban J connectivity index is 0.000000169. The number of hydrogen-bond acceptors (Lipinski definition) is 7. The fraction of sp³-hybridized carbons (Fsp3) is 0. The minimum atomic E-state index is -1.52. The van der Waals surface area contributed by atoms with Gasteiger partial charge in [0.05, 0.1) is 25.5 Å². The average Bonchev–Trinajstić information content (AvgIpc) is 3.03. The molecule has 0 fully saturated rings. The first-order valence-corrected chi connectivity index (χ1v) is 16.6. The van der Waals surface area contributed by atoms with Crippen molar-refractivity contribution in [3.8, 4) is 0 Å². The van der Waals surface area contributed by atoms with Gasteiger partial charge < -0.3 is 15.8 Å². The molecule has 236 valence electrons. The Hall–Kier alpha value is -2.52. The second kappa shape index (κ2) is 18.1. The SMILES string of the molecule is Clc1ccc(Br)c2ncccc12.Nc1cc(Cl)ccc1Br.O=[N+]([O-])c1cc(Cl)ccc1Br.OB(O)c1ccc(Cl)c2cccnc12. The predicted molar refractivity (Wildman–Crippen MR) is 200 cm³/mol.